The first-order chi connectivity index (χ1) is 18.2. The third kappa shape index (κ3) is 3.54. The molecule has 0 radical (unpaired) electrons. The van der Waals surface area contributed by atoms with Crippen molar-refractivity contribution in [3.8, 4) is 17.1 Å². The maximum Gasteiger partial charge on any atom is 0.295 e. The molecule has 0 atom stereocenters. The maximum atomic E-state index is 14.7. The monoisotopic (exact) mass is 510 g/mol. The zero-order valence-corrected chi connectivity index (χ0v) is 22.4. The van der Waals surface area contributed by atoms with Crippen LogP contribution < -0.4 is 4.57 Å². The van der Waals surface area contributed by atoms with E-state index in [-0.39, 0.29) is 11.1 Å². The van der Waals surface area contributed by atoms with Gasteiger partial charge >= 0.3 is 0 Å². The second kappa shape index (κ2) is 8.76. The van der Waals surface area contributed by atoms with Crippen molar-refractivity contribution < 1.29 is 17.8 Å². The molecule has 0 aliphatic carbocycles. The second-order valence-electron chi connectivity index (χ2n) is 10.7. The van der Waals surface area contributed by atoms with Gasteiger partial charge in [0.15, 0.2) is 11.0 Å². The molecule has 0 N–H and O–H groups in total. The Kier molecular flexibility index (Phi) is 5.60. The van der Waals surface area contributed by atoms with Crippen molar-refractivity contribution in [2.45, 2.75) is 46.5 Å². The van der Waals surface area contributed by atoms with Crippen molar-refractivity contribution in [1.29, 1.82) is 0 Å². The van der Waals surface area contributed by atoms with Gasteiger partial charge in [-0.2, -0.15) is 13.9 Å². The molecule has 3 heterocycles. The van der Waals surface area contributed by atoms with E-state index in [1.807, 2.05) is 25.1 Å². The number of aryl methyl sites for hydroxylation is 2. The van der Waals surface area contributed by atoms with Crippen LogP contribution in [-0.4, -0.2) is 9.55 Å². The summed E-state index contributed by atoms with van der Waals surface area (Å²) >= 11 is 0. The number of aromatic nitrogens is 3. The average molecular weight is 511 g/mol. The minimum absolute atomic E-state index is 0.0359. The largest absolute Gasteiger partial charge is 0.437 e. The van der Waals surface area contributed by atoms with E-state index in [2.05, 4.69) is 85.3 Å². The van der Waals surface area contributed by atoms with Crippen LogP contribution in [0.15, 0.2) is 65.1 Å². The molecule has 4 nitrogen and oxygen atoms in total. The van der Waals surface area contributed by atoms with Crippen LogP contribution in [0.3, 0.4) is 0 Å². The lowest BCUT2D eigenvalue weighted by atomic mass is 9.92. The Labute approximate surface area is 220 Å². The fourth-order valence-corrected chi connectivity index (χ4v) is 5.71. The van der Waals surface area contributed by atoms with Gasteiger partial charge in [-0.3, -0.25) is 0 Å². The Hall–Kier alpha value is -4.06. The molecule has 192 valence electrons. The molecule has 0 aliphatic rings. The van der Waals surface area contributed by atoms with Gasteiger partial charge in [0.1, 0.15) is 17.1 Å². The highest BCUT2D eigenvalue weighted by atomic mass is 19.1. The minimum Gasteiger partial charge on any atom is -0.437 e. The minimum atomic E-state index is -0.899. The summed E-state index contributed by atoms with van der Waals surface area (Å²) in [6.07, 6.45) is 0. The zero-order valence-electron chi connectivity index (χ0n) is 22.4. The van der Waals surface area contributed by atoms with Crippen LogP contribution in [0.4, 0.5) is 8.78 Å². The standard InChI is InChI=1S/C32H30F2N3O/c1-17(2)20-10-9-11-21(18(3)4)30(20)37-26-13-8-7-12-25(26)36(6)32(37)22-15-27-23(14-19(22)5)29-24(33)16-28(34)35-31(29)38-27/h7-18H,1-6H3/q+1. The van der Waals surface area contributed by atoms with Gasteiger partial charge in [0.05, 0.1) is 18.0 Å². The summed E-state index contributed by atoms with van der Waals surface area (Å²) in [6, 6.07) is 19.6. The van der Waals surface area contributed by atoms with Gasteiger partial charge < -0.3 is 4.42 Å². The van der Waals surface area contributed by atoms with E-state index < -0.39 is 11.8 Å². The van der Waals surface area contributed by atoms with E-state index in [4.69, 9.17) is 4.42 Å². The van der Waals surface area contributed by atoms with Gasteiger partial charge in [-0.15, -0.1) is 0 Å². The van der Waals surface area contributed by atoms with Crippen molar-refractivity contribution in [3.05, 3.63) is 89.1 Å². The Morgan fingerprint density at radius 3 is 2.26 bits per heavy atom. The molecule has 0 spiro atoms. The van der Waals surface area contributed by atoms with Crippen LogP contribution in [0.25, 0.3) is 50.2 Å². The number of nitrogens with zero attached hydrogens (tertiary/aromatic N) is 3. The van der Waals surface area contributed by atoms with E-state index >= 15 is 0 Å². The van der Waals surface area contributed by atoms with Gasteiger partial charge in [0.2, 0.25) is 11.7 Å². The quantitative estimate of drug-likeness (QED) is 0.177. The zero-order chi connectivity index (χ0) is 26.9. The van der Waals surface area contributed by atoms with Gasteiger partial charge in [0.25, 0.3) is 5.82 Å². The molecule has 0 saturated heterocycles. The molecule has 6 heteroatoms. The lowest BCUT2D eigenvalue weighted by Crippen LogP contribution is -2.30. The molecule has 0 saturated carbocycles. The highest BCUT2D eigenvalue weighted by Crippen LogP contribution is 2.39. The third-order valence-electron chi connectivity index (χ3n) is 7.53. The van der Waals surface area contributed by atoms with Gasteiger partial charge in [-0.1, -0.05) is 58.0 Å². The first kappa shape index (κ1) is 24.3. The summed E-state index contributed by atoms with van der Waals surface area (Å²) in [5, 5.41) is 0.787. The highest BCUT2D eigenvalue weighted by molar-refractivity contribution is 6.05. The molecule has 0 aliphatic heterocycles. The number of benzene rings is 3. The lowest BCUT2D eigenvalue weighted by molar-refractivity contribution is -0.633. The fraction of sp³-hybridized carbons (Fsp3) is 0.250. The molecule has 0 bridgehead atoms. The summed E-state index contributed by atoms with van der Waals surface area (Å²) in [4.78, 5) is 3.80. The molecule has 38 heavy (non-hydrogen) atoms. The van der Waals surface area contributed by atoms with Crippen LogP contribution in [0.5, 0.6) is 0 Å². The van der Waals surface area contributed by atoms with Gasteiger partial charge in [-0.05, 0) is 48.6 Å². The average Bonchev–Trinajstić information content (AvgIpc) is 3.37. The van der Waals surface area contributed by atoms with Crippen LogP contribution >= 0.6 is 0 Å². The molecular weight excluding hydrogens is 480 g/mol. The lowest BCUT2D eigenvalue weighted by Gasteiger charge is -2.18. The summed E-state index contributed by atoms with van der Waals surface area (Å²) in [7, 11) is 2.07. The fourth-order valence-electron chi connectivity index (χ4n) is 5.71. The van der Waals surface area contributed by atoms with Gasteiger partial charge in [-0.25, -0.2) is 8.96 Å². The molecule has 6 rings (SSSR count). The predicted molar refractivity (Wildman–Crippen MR) is 148 cm³/mol. The summed E-state index contributed by atoms with van der Waals surface area (Å²) < 4.78 is 39.1. The van der Waals surface area contributed by atoms with E-state index in [9.17, 15) is 8.78 Å². The van der Waals surface area contributed by atoms with E-state index in [0.29, 0.717) is 22.8 Å². The molecule has 3 aromatic carbocycles. The van der Waals surface area contributed by atoms with Crippen LogP contribution in [-0.2, 0) is 7.05 Å². The van der Waals surface area contributed by atoms with Crippen molar-refractivity contribution in [1.82, 2.24) is 9.55 Å². The normalized spacial score (nSPS) is 12.2. The first-order valence-electron chi connectivity index (χ1n) is 13.0. The Bertz CT molecular complexity index is 1850. The number of furan rings is 1. The number of halogens is 2. The SMILES string of the molecule is Cc1cc2c(cc1-c1n(-c3c(C(C)C)cccc3C(C)C)c3ccccc3[n+]1C)oc1nc(F)cc(F)c12. The summed E-state index contributed by atoms with van der Waals surface area (Å²) in [6.45, 7) is 10.9. The Morgan fingerprint density at radius 2 is 1.58 bits per heavy atom. The molecule has 3 aromatic heterocycles. The molecule has 0 fully saturated rings. The molecular formula is C32H30F2N3O+. The van der Waals surface area contributed by atoms with E-state index in [0.717, 1.165) is 34.1 Å². The molecule has 0 amide bonds. The van der Waals surface area contributed by atoms with Crippen LogP contribution in [0.2, 0.25) is 0 Å². The van der Waals surface area contributed by atoms with Crippen LogP contribution in [0, 0.1) is 18.7 Å². The maximum absolute atomic E-state index is 14.7. The highest BCUT2D eigenvalue weighted by Gasteiger charge is 2.32. The molecule has 6 aromatic rings. The third-order valence-corrected chi connectivity index (χ3v) is 7.53. The smallest absolute Gasteiger partial charge is 0.295 e. The second-order valence-corrected chi connectivity index (χ2v) is 10.7. The van der Waals surface area contributed by atoms with E-state index in [1.165, 1.54) is 16.8 Å². The number of para-hydroxylation sites is 3. The van der Waals surface area contributed by atoms with Crippen LogP contribution in [0.1, 0.15) is 56.2 Å². The van der Waals surface area contributed by atoms with Crippen molar-refractivity contribution in [2.24, 2.45) is 7.05 Å². The number of fused-ring (bicyclic) bond motifs is 4. The number of hydrogen-bond donors (Lipinski definition) is 0. The Balaban J connectivity index is 1.76. The topological polar surface area (TPSA) is 34.8 Å². The summed E-state index contributed by atoms with van der Waals surface area (Å²) in [5.41, 5.74) is 8.24. The predicted octanol–water partition coefficient (Wildman–Crippen LogP) is 8.25. The summed E-state index contributed by atoms with van der Waals surface area (Å²) in [5.74, 6) is 0.0343. The van der Waals surface area contributed by atoms with E-state index in [1.54, 1.807) is 0 Å². The van der Waals surface area contributed by atoms with Crippen molar-refractivity contribution >= 4 is 33.1 Å². The van der Waals surface area contributed by atoms with Crippen molar-refractivity contribution in [2.75, 3.05) is 0 Å². The molecule has 0 unspecified atom stereocenters. The number of rotatable bonds is 4. The number of pyridine rings is 1. The Morgan fingerprint density at radius 1 is 0.895 bits per heavy atom. The van der Waals surface area contributed by atoms with Crippen molar-refractivity contribution in [3.63, 3.8) is 0 Å². The number of imidazole rings is 1. The van der Waals surface area contributed by atoms with Gasteiger partial charge in [0, 0.05) is 22.6 Å². The first-order valence-corrected chi connectivity index (χ1v) is 13.0. The number of hydrogen-bond acceptors (Lipinski definition) is 2.